The lowest BCUT2D eigenvalue weighted by Gasteiger charge is -1.97. The summed E-state index contributed by atoms with van der Waals surface area (Å²) in [6.07, 6.45) is 6.20. The minimum absolute atomic E-state index is 0.308. The molecule has 0 bridgehead atoms. The van der Waals surface area contributed by atoms with Crippen LogP contribution >= 0.6 is 0 Å². The monoisotopic (exact) mass is 184 g/mol. The van der Waals surface area contributed by atoms with E-state index in [1.165, 1.54) is 0 Å². The van der Waals surface area contributed by atoms with Crippen LogP contribution in [0.5, 0.6) is 0 Å². The van der Waals surface area contributed by atoms with Crippen LogP contribution in [0.2, 0.25) is 6.32 Å². The molecule has 0 aliphatic heterocycles. The van der Waals surface area contributed by atoms with E-state index >= 15 is 0 Å². The Morgan fingerprint density at radius 1 is 1.08 bits per heavy atom. The second-order valence-corrected chi connectivity index (χ2v) is 2.70. The zero-order chi connectivity index (χ0) is 10.5. The highest BCUT2D eigenvalue weighted by Gasteiger charge is 1.95. The molecule has 0 aromatic carbocycles. The molecule has 0 saturated heterocycles. The van der Waals surface area contributed by atoms with Gasteiger partial charge in [0, 0.05) is 6.42 Å². The second kappa shape index (κ2) is 14.1. The highest BCUT2D eigenvalue weighted by molar-refractivity contribution is 6.08. The van der Waals surface area contributed by atoms with Gasteiger partial charge in [-0.3, -0.25) is 4.79 Å². The number of unbranched alkanes of at least 4 members (excludes halogenated alkanes) is 4. The fourth-order valence-electron chi connectivity index (χ4n) is 0.951. The van der Waals surface area contributed by atoms with Crippen LogP contribution in [0.3, 0.4) is 0 Å². The van der Waals surface area contributed by atoms with Crippen LogP contribution in [0.15, 0.2) is 0 Å². The van der Waals surface area contributed by atoms with Gasteiger partial charge in [0.15, 0.2) is 0 Å². The lowest BCUT2D eigenvalue weighted by molar-refractivity contribution is -0.137. The van der Waals surface area contributed by atoms with E-state index in [2.05, 4.69) is 0 Å². The van der Waals surface area contributed by atoms with Gasteiger partial charge in [-0.15, -0.1) is 0 Å². The summed E-state index contributed by atoms with van der Waals surface area (Å²) in [7, 11) is 5.30. The molecule has 0 spiro atoms. The normalized spacial score (nSPS) is 8.77. The van der Waals surface area contributed by atoms with Crippen LogP contribution in [-0.2, 0) is 4.79 Å². The van der Waals surface area contributed by atoms with Crippen molar-refractivity contribution < 1.29 is 9.90 Å². The van der Waals surface area contributed by atoms with E-state index < -0.39 is 5.97 Å². The van der Waals surface area contributed by atoms with Gasteiger partial charge in [0.2, 0.25) is 0 Å². The van der Waals surface area contributed by atoms with E-state index in [-0.39, 0.29) is 0 Å². The first-order valence-corrected chi connectivity index (χ1v) is 5.19. The van der Waals surface area contributed by atoms with Gasteiger partial charge in [0.25, 0.3) is 0 Å². The summed E-state index contributed by atoms with van der Waals surface area (Å²) < 4.78 is 0. The van der Waals surface area contributed by atoms with Gasteiger partial charge in [-0.2, -0.15) is 0 Å². The third kappa shape index (κ3) is 18.5. The Morgan fingerprint density at radius 2 is 1.54 bits per heavy atom. The molecule has 0 rings (SSSR count). The molecule has 1 N–H and O–H groups in total. The van der Waals surface area contributed by atoms with Crippen molar-refractivity contribution in [1.82, 2.24) is 0 Å². The van der Waals surface area contributed by atoms with Gasteiger partial charge in [0.05, 0.1) is 7.85 Å². The van der Waals surface area contributed by atoms with Crippen LogP contribution in [-0.4, -0.2) is 18.9 Å². The number of aliphatic carboxylic acids is 1. The second-order valence-electron chi connectivity index (χ2n) is 2.70. The molecule has 0 atom stereocenters. The van der Waals surface area contributed by atoms with Gasteiger partial charge in [-0.05, 0) is 6.42 Å². The standard InChI is InChI=1S/C8H15BO2.C2H6/c9-7-5-3-1-2-4-6-8(10)11;1-2/h1-7H2,(H,10,11);1-2H3. The van der Waals surface area contributed by atoms with Crippen molar-refractivity contribution in [2.75, 3.05) is 0 Å². The molecular weight excluding hydrogens is 163 g/mol. The van der Waals surface area contributed by atoms with E-state index in [9.17, 15) is 4.79 Å². The minimum Gasteiger partial charge on any atom is -0.481 e. The van der Waals surface area contributed by atoms with E-state index in [4.69, 9.17) is 13.0 Å². The number of carboxylic acids is 1. The molecule has 2 nitrogen and oxygen atoms in total. The van der Waals surface area contributed by atoms with Gasteiger partial charge in [0.1, 0.15) is 0 Å². The SMILES string of the molecule is CC.[B]CCCCCCCC(=O)O. The highest BCUT2D eigenvalue weighted by atomic mass is 16.4. The van der Waals surface area contributed by atoms with E-state index in [0.29, 0.717) is 6.42 Å². The maximum absolute atomic E-state index is 10.1. The molecule has 76 valence electrons. The Bertz CT molecular complexity index is 105. The molecule has 0 aromatic heterocycles. The van der Waals surface area contributed by atoms with Crippen molar-refractivity contribution in [3.63, 3.8) is 0 Å². The Hall–Kier alpha value is -0.465. The van der Waals surface area contributed by atoms with Crippen LogP contribution in [0.1, 0.15) is 52.4 Å². The molecule has 0 fully saturated rings. The minimum atomic E-state index is -0.691. The quantitative estimate of drug-likeness (QED) is 0.487. The van der Waals surface area contributed by atoms with Crippen molar-refractivity contribution >= 4 is 13.8 Å². The summed E-state index contributed by atoms with van der Waals surface area (Å²) in [5.74, 6) is -0.691. The average Bonchev–Trinajstić information content (AvgIpc) is 2.14. The fraction of sp³-hybridized carbons (Fsp3) is 0.900. The predicted molar refractivity (Wildman–Crippen MR) is 57.2 cm³/mol. The largest absolute Gasteiger partial charge is 0.481 e. The van der Waals surface area contributed by atoms with Crippen LogP contribution < -0.4 is 0 Å². The third-order valence-electron chi connectivity index (χ3n) is 1.59. The van der Waals surface area contributed by atoms with Crippen molar-refractivity contribution in [2.45, 2.75) is 58.7 Å². The zero-order valence-corrected chi connectivity index (χ0v) is 8.88. The Balaban J connectivity index is 0. The smallest absolute Gasteiger partial charge is 0.303 e. The summed E-state index contributed by atoms with van der Waals surface area (Å²) >= 11 is 0. The number of rotatable bonds is 7. The van der Waals surface area contributed by atoms with Crippen molar-refractivity contribution in [3.8, 4) is 0 Å². The maximum atomic E-state index is 10.1. The first kappa shape index (κ1) is 15.0. The summed E-state index contributed by atoms with van der Waals surface area (Å²) in [5.41, 5.74) is 0. The molecule has 0 saturated carbocycles. The number of hydrogen-bond acceptors (Lipinski definition) is 1. The lowest BCUT2D eigenvalue weighted by atomic mass is 9.98. The van der Waals surface area contributed by atoms with E-state index in [1.54, 1.807) is 0 Å². The molecule has 0 heterocycles. The van der Waals surface area contributed by atoms with Gasteiger partial charge < -0.3 is 5.11 Å². The number of carbonyl (C=O) groups is 1. The third-order valence-corrected chi connectivity index (χ3v) is 1.59. The molecule has 2 radical (unpaired) electrons. The van der Waals surface area contributed by atoms with Crippen LogP contribution in [0.4, 0.5) is 0 Å². The zero-order valence-electron chi connectivity index (χ0n) is 8.88. The first-order valence-electron chi connectivity index (χ1n) is 5.19. The van der Waals surface area contributed by atoms with Crippen molar-refractivity contribution in [2.24, 2.45) is 0 Å². The van der Waals surface area contributed by atoms with Crippen LogP contribution in [0, 0.1) is 0 Å². The summed E-state index contributed by atoms with van der Waals surface area (Å²) in [6.45, 7) is 4.00. The highest BCUT2D eigenvalue weighted by Crippen LogP contribution is 2.05. The summed E-state index contributed by atoms with van der Waals surface area (Å²) in [5, 5.41) is 8.30. The lowest BCUT2D eigenvalue weighted by Crippen LogP contribution is -1.93. The van der Waals surface area contributed by atoms with Crippen molar-refractivity contribution in [3.05, 3.63) is 0 Å². The van der Waals surface area contributed by atoms with Gasteiger partial charge in [-0.25, -0.2) is 0 Å². The molecular formula is C10H21BO2. The van der Waals surface area contributed by atoms with E-state index in [0.717, 1.165) is 38.4 Å². The molecule has 13 heavy (non-hydrogen) atoms. The Labute approximate surface area is 83.1 Å². The summed E-state index contributed by atoms with van der Waals surface area (Å²) in [4.78, 5) is 10.1. The van der Waals surface area contributed by atoms with Crippen molar-refractivity contribution in [1.29, 1.82) is 0 Å². The molecule has 0 aliphatic carbocycles. The topological polar surface area (TPSA) is 37.3 Å². The molecule has 0 unspecified atom stereocenters. The maximum Gasteiger partial charge on any atom is 0.303 e. The predicted octanol–water partition coefficient (Wildman–Crippen LogP) is 3.02. The summed E-state index contributed by atoms with van der Waals surface area (Å²) in [6, 6.07) is 0. The van der Waals surface area contributed by atoms with Gasteiger partial charge in [-0.1, -0.05) is 45.9 Å². The molecule has 0 amide bonds. The molecule has 0 aliphatic rings. The number of hydrogen-bond donors (Lipinski definition) is 1. The molecule has 3 heteroatoms. The van der Waals surface area contributed by atoms with Crippen LogP contribution in [0.25, 0.3) is 0 Å². The number of carboxylic acid groups (broad SMARTS) is 1. The molecule has 0 aromatic rings. The first-order chi connectivity index (χ1) is 6.27. The Kier molecular flexibility index (Phi) is 16.3. The van der Waals surface area contributed by atoms with Gasteiger partial charge >= 0.3 is 5.97 Å². The van der Waals surface area contributed by atoms with E-state index in [1.807, 2.05) is 13.8 Å². The Morgan fingerprint density at radius 3 is 2.00 bits per heavy atom. The average molecular weight is 184 g/mol. The fourth-order valence-corrected chi connectivity index (χ4v) is 0.951.